The quantitative estimate of drug-likeness (QED) is 0.751. The van der Waals surface area contributed by atoms with E-state index in [9.17, 15) is 9.59 Å². The molecule has 1 aromatic rings. The molecule has 0 aliphatic rings. The highest BCUT2D eigenvalue weighted by molar-refractivity contribution is 5.93. The summed E-state index contributed by atoms with van der Waals surface area (Å²) in [7, 11) is 1.54. The predicted octanol–water partition coefficient (Wildman–Crippen LogP) is 0.257. The van der Waals surface area contributed by atoms with Crippen molar-refractivity contribution in [3.8, 4) is 0 Å². The number of carbonyl (C=O) groups excluding carboxylic acids is 2. The van der Waals surface area contributed by atoms with Gasteiger partial charge in [0, 0.05) is 7.05 Å². The first-order valence-corrected chi connectivity index (χ1v) is 5.67. The number of rotatable bonds is 4. The molecule has 3 N–H and O–H groups in total. The fraction of sp³-hybridized carbons (Fsp3) is 0.545. The van der Waals surface area contributed by atoms with Gasteiger partial charge in [0.15, 0.2) is 5.69 Å². The number of nitrogens with two attached hydrogens (primary N) is 1. The zero-order valence-corrected chi connectivity index (χ0v) is 11.0. The molecular weight excluding hydrogens is 236 g/mol. The Morgan fingerprint density at radius 2 is 2.17 bits per heavy atom. The molecule has 1 heterocycles. The Kier molecular flexibility index (Phi) is 4.30. The largest absolute Gasteiger partial charge is 0.461 e. The summed E-state index contributed by atoms with van der Waals surface area (Å²) in [5.41, 5.74) is 5.89. The normalized spacial score (nSPS) is 12.0. The van der Waals surface area contributed by atoms with Crippen LogP contribution in [-0.4, -0.2) is 35.1 Å². The van der Waals surface area contributed by atoms with Gasteiger partial charge in [0.1, 0.15) is 17.7 Å². The van der Waals surface area contributed by atoms with E-state index in [-0.39, 0.29) is 24.0 Å². The van der Waals surface area contributed by atoms with Crippen LogP contribution in [0.2, 0.25) is 0 Å². The molecule has 7 nitrogen and oxygen atoms in total. The van der Waals surface area contributed by atoms with Crippen molar-refractivity contribution in [1.82, 2.24) is 14.9 Å². The number of amides is 1. The molecule has 1 atom stereocenters. The molecule has 0 saturated heterocycles. The third-order valence-corrected chi connectivity index (χ3v) is 2.61. The van der Waals surface area contributed by atoms with Crippen LogP contribution in [0.1, 0.15) is 36.2 Å². The van der Waals surface area contributed by atoms with E-state index in [1.807, 2.05) is 0 Å². The van der Waals surface area contributed by atoms with Crippen LogP contribution in [0.4, 0.5) is 5.82 Å². The average Bonchev–Trinajstić information content (AvgIpc) is 2.63. The second-order valence-electron chi connectivity index (χ2n) is 3.77. The second-order valence-corrected chi connectivity index (χ2v) is 3.77. The number of aromatic nitrogens is 2. The lowest BCUT2D eigenvalue weighted by atomic mass is 10.3. The molecule has 0 spiro atoms. The minimum atomic E-state index is -0.582. The fourth-order valence-corrected chi connectivity index (χ4v) is 1.73. The maximum atomic E-state index is 11.6. The maximum absolute atomic E-state index is 11.6. The summed E-state index contributed by atoms with van der Waals surface area (Å²) in [5, 5.41) is 2.52. The molecule has 0 aliphatic carbocycles. The van der Waals surface area contributed by atoms with Crippen molar-refractivity contribution in [1.29, 1.82) is 0 Å². The van der Waals surface area contributed by atoms with E-state index in [0.29, 0.717) is 5.82 Å². The molecule has 18 heavy (non-hydrogen) atoms. The van der Waals surface area contributed by atoms with Crippen molar-refractivity contribution >= 4 is 17.7 Å². The van der Waals surface area contributed by atoms with E-state index in [0.717, 1.165) is 0 Å². The zero-order chi connectivity index (χ0) is 13.9. The number of nitrogen functional groups attached to an aromatic ring is 1. The van der Waals surface area contributed by atoms with Gasteiger partial charge in [-0.05, 0) is 20.8 Å². The summed E-state index contributed by atoms with van der Waals surface area (Å²) in [4.78, 5) is 27.3. The summed E-state index contributed by atoms with van der Waals surface area (Å²) < 4.78 is 6.35. The number of esters is 1. The van der Waals surface area contributed by atoms with Gasteiger partial charge < -0.3 is 20.4 Å². The Hall–Kier alpha value is -2.05. The molecule has 0 fully saturated rings. The Morgan fingerprint density at radius 1 is 1.56 bits per heavy atom. The SMILES string of the molecule is CCOC(=O)c1nc(C)n(C(C)C(=O)NC)c1N. The molecule has 0 radical (unpaired) electrons. The number of nitrogens with zero attached hydrogens (tertiary/aromatic N) is 2. The number of hydrogen-bond acceptors (Lipinski definition) is 5. The van der Waals surface area contributed by atoms with E-state index in [2.05, 4.69) is 10.3 Å². The van der Waals surface area contributed by atoms with Crippen LogP contribution >= 0.6 is 0 Å². The summed E-state index contributed by atoms with van der Waals surface area (Å²) in [6.45, 7) is 5.30. The summed E-state index contributed by atoms with van der Waals surface area (Å²) in [6, 6.07) is -0.536. The van der Waals surface area contributed by atoms with E-state index < -0.39 is 12.0 Å². The van der Waals surface area contributed by atoms with Crippen molar-refractivity contribution < 1.29 is 14.3 Å². The van der Waals surface area contributed by atoms with E-state index >= 15 is 0 Å². The predicted molar refractivity (Wildman–Crippen MR) is 66.1 cm³/mol. The van der Waals surface area contributed by atoms with Crippen LogP contribution < -0.4 is 11.1 Å². The van der Waals surface area contributed by atoms with Gasteiger partial charge in [-0.1, -0.05) is 0 Å². The second kappa shape index (κ2) is 5.52. The summed E-state index contributed by atoms with van der Waals surface area (Å²) in [5.74, 6) is -0.160. The fourth-order valence-electron chi connectivity index (χ4n) is 1.73. The van der Waals surface area contributed by atoms with Gasteiger partial charge in [0.2, 0.25) is 5.91 Å². The van der Waals surface area contributed by atoms with Gasteiger partial charge in [-0.2, -0.15) is 0 Å². The average molecular weight is 254 g/mol. The van der Waals surface area contributed by atoms with Crippen LogP contribution in [0.3, 0.4) is 0 Å². The molecule has 0 aliphatic heterocycles. The highest BCUT2D eigenvalue weighted by atomic mass is 16.5. The van der Waals surface area contributed by atoms with Gasteiger partial charge in [0.25, 0.3) is 0 Å². The molecular formula is C11H18N4O3. The van der Waals surface area contributed by atoms with Crippen LogP contribution in [0.15, 0.2) is 0 Å². The highest BCUT2D eigenvalue weighted by Gasteiger charge is 2.25. The molecule has 1 aromatic heterocycles. The Balaban J connectivity index is 3.16. The smallest absolute Gasteiger partial charge is 0.360 e. The summed E-state index contributed by atoms with van der Waals surface area (Å²) >= 11 is 0. The van der Waals surface area contributed by atoms with Crippen LogP contribution in [0.5, 0.6) is 0 Å². The van der Waals surface area contributed by atoms with Gasteiger partial charge >= 0.3 is 5.97 Å². The number of carbonyl (C=O) groups is 2. The van der Waals surface area contributed by atoms with Crippen molar-refractivity contribution in [3.63, 3.8) is 0 Å². The van der Waals surface area contributed by atoms with Gasteiger partial charge in [-0.15, -0.1) is 0 Å². The minimum Gasteiger partial charge on any atom is -0.461 e. The lowest BCUT2D eigenvalue weighted by Crippen LogP contribution is -2.29. The maximum Gasteiger partial charge on any atom is 0.360 e. The first-order chi connectivity index (χ1) is 8.43. The van der Waals surface area contributed by atoms with Crippen molar-refractivity contribution in [2.75, 3.05) is 19.4 Å². The number of aryl methyl sites for hydroxylation is 1. The van der Waals surface area contributed by atoms with Gasteiger partial charge in [-0.25, -0.2) is 9.78 Å². The first kappa shape index (κ1) is 14.0. The molecule has 1 rings (SSSR count). The van der Waals surface area contributed by atoms with Gasteiger partial charge in [-0.3, -0.25) is 4.79 Å². The number of anilines is 1. The highest BCUT2D eigenvalue weighted by Crippen LogP contribution is 2.20. The molecule has 7 heteroatoms. The Morgan fingerprint density at radius 3 is 2.67 bits per heavy atom. The molecule has 1 unspecified atom stereocenters. The van der Waals surface area contributed by atoms with Crippen molar-refractivity contribution in [2.45, 2.75) is 26.8 Å². The van der Waals surface area contributed by atoms with E-state index in [1.54, 1.807) is 20.8 Å². The molecule has 100 valence electrons. The third kappa shape index (κ3) is 2.44. The Labute approximate surface area is 105 Å². The lowest BCUT2D eigenvalue weighted by Gasteiger charge is -2.15. The zero-order valence-electron chi connectivity index (χ0n) is 11.0. The standard InChI is InChI=1S/C11H18N4O3/c1-5-18-11(17)8-9(12)15(7(3)14-8)6(2)10(16)13-4/h6H,5,12H2,1-4H3,(H,13,16). The lowest BCUT2D eigenvalue weighted by molar-refractivity contribution is -0.123. The third-order valence-electron chi connectivity index (χ3n) is 2.61. The van der Waals surface area contributed by atoms with Gasteiger partial charge in [0.05, 0.1) is 6.61 Å². The molecule has 0 aromatic carbocycles. The van der Waals surface area contributed by atoms with Crippen molar-refractivity contribution in [3.05, 3.63) is 11.5 Å². The van der Waals surface area contributed by atoms with Crippen LogP contribution in [0.25, 0.3) is 0 Å². The van der Waals surface area contributed by atoms with Crippen molar-refractivity contribution in [2.24, 2.45) is 0 Å². The first-order valence-electron chi connectivity index (χ1n) is 5.67. The topological polar surface area (TPSA) is 99.2 Å². The molecule has 1 amide bonds. The number of ether oxygens (including phenoxy) is 1. The minimum absolute atomic E-state index is 0.0464. The number of likely N-dealkylation sites (N-methyl/N-ethyl adjacent to an activating group) is 1. The molecule has 0 bridgehead atoms. The summed E-state index contributed by atoms with van der Waals surface area (Å²) in [6.07, 6.45) is 0. The monoisotopic (exact) mass is 254 g/mol. The number of nitrogens with one attached hydrogen (secondary N) is 1. The van der Waals surface area contributed by atoms with E-state index in [1.165, 1.54) is 11.6 Å². The number of hydrogen-bond donors (Lipinski definition) is 2. The van der Waals surface area contributed by atoms with E-state index in [4.69, 9.17) is 10.5 Å². The molecule has 0 saturated carbocycles. The van der Waals surface area contributed by atoms with Crippen LogP contribution in [0, 0.1) is 6.92 Å². The Bertz CT molecular complexity index is 467. The van der Waals surface area contributed by atoms with Crippen LogP contribution in [-0.2, 0) is 9.53 Å². The number of imidazole rings is 1.